The van der Waals surface area contributed by atoms with Gasteiger partial charge in [-0.2, -0.15) is 0 Å². The van der Waals surface area contributed by atoms with Crippen LogP contribution in [-0.2, 0) is 11.2 Å². The summed E-state index contributed by atoms with van der Waals surface area (Å²) in [5, 5.41) is 0. The zero-order valence-electron chi connectivity index (χ0n) is 12.9. The number of hydrogen-bond donors (Lipinski definition) is 0. The Bertz CT molecular complexity index is 441. The van der Waals surface area contributed by atoms with Gasteiger partial charge in [0.05, 0.1) is 0 Å². The third-order valence-electron chi connectivity index (χ3n) is 4.17. The SMILES string of the molecule is CN(CCN1CCCCC1)C(=O)CCc1ccc(F)cc1. The molecule has 0 bridgehead atoms. The first kappa shape index (κ1) is 16.0. The van der Waals surface area contributed by atoms with Crippen molar-refractivity contribution in [2.45, 2.75) is 32.1 Å². The number of amides is 1. The van der Waals surface area contributed by atoms with E-state index in [9.17, 15) is 9.18 Å². The Hall–Kier alpha value is -1.42. The molecule has 2 rings (SSSR count). The number of hydrogen-bond acceptors (Lipinski definition) is 2. The van der Waals surface area contributed by atoms with Crippen molar-refractivity contribution in [2.24, 2.45) is 0 Å². The van der Waals surface area contributed by atoms with Crippen molar-refractivity contribution < 1.29 is 9.18 Å². The quantitative estimate of drug-likeness (QED) is 0.805. The number of likely N-dealkylation sites (tertiary alicyclic amines) is 1. The van der Waals surface area contributed by atoms with E-state index in [1.54, 1.807) is 12.1 Å². The molecular weight excluding hydrogens is 267 g/mol. The molecule has 1 heterocycles. The first-order valence-electron chi connectivity index (χ1n) is 7.86. The molecule has 1 fully saturated rings. The summed E-state index contributed by atoms with van der Waals surface area (Å²) in [6.45, 7) is 4.09. The molecule has 3 nitrogen and oxygen atoms in total. The fraction of sp³-hybridized carbons (Fsp3) is 0.588. The molecule has 0 N–H and O–H groups in total. The number of aryl methyl sites for hydroxylation is 1. The van der Waals surface area contributed by atoms with Gasteiger partial charge in [0.2, 0.25) is 5.91 Å². The third-order valence-corrected chi connectivity index (χ3v) is 4.17. The molecule has 4 heteroatoms. The molecule has 1 aliphatic rings. The molecule has 1 amide bonds. The van der Waals surface area contributed by atoms with Gasteiger partial charge in [0.25, 0.3) is 0 Å². The van der Waals surface area contributed by atoms with Gasteiger partial charge >= 0.3 is 0 Å². The van der Waals surface area contributed by atoms with Gasteiger partial charge in [0.15, 0.2) is 0 Å². The molecule has 21 heavy (non-hydrogen) atoms. The molecule has 0 aliphatic carbocycles. The Morgan fingerprint density at radius 1 is 1.19 bits per heavy atom. The molecule has 0 aromatic heterocycles. The van der Waals surface area contributed by atoms with Gasteiger partial charge < -0.3 is 9.80 Å². The minimum absolute atomic E-state index is 0.163. The van der Waals surface area contributed by atoms with Gasteiger partial charge in [-0.15, -0.1) is 0 Å². The van der Waals surface area contributed by atoms with Crippen LogP contribution in [0.5, 0.6) is 0 Å². The summed E-state index contributed by atoms with van der Waals surface area (Å²) < 4.78 is 12.8. The monoisotopic (exact) mass is 292 g/mol. The van der Waals surface area contributed by atoms with E-state index >= 15 is 0 Å². The number of carbonyl (C=O) groups excluding carboxylic acids is 1. The van der Waals surface area contributed by atoms with E-state index in [-0.39, 0.29) is 11.7 Å². The van der Waals surface area contributed by atoms with Crippen molar-refractivity contribution in [2.75, 3.05) is 33.2 Å². The van der Waals surface area contributed by atoms with E-state index in [0.717, 1.165) is 31.7 Å². The van der Waals surface area contributed by atoms with Crippen molar-refractivity contribution in [3.63, 3.8) is 0 Å². The van der Waals surface area contributed by atoms with Crippen LogP contribution in [0, 0.1) is 5.82 Å². The Balaban J connectivity index is 1.68. The fourth-order valence-electron chi connectivity index (χ4n) is 2.69. The van der Waals surface area contributed by atoms with E-state index in [0.29, 0.717) is 12.8 Å². The maximum Gasteiger partial charge on any atom is 0.222 e. The number of carbonyl (C=O) groups is 1. The lowest BCUT2D eigenvalue weighted by Crippen LogP contribution is -2.38. The van der Waals surface area contributed by atoms with Gasteiger partial charge in [0.1, 0.15) is 5.82 Å². The summed E-state index contributed by atoms with van der Waals surface area (Å²) in [6.07, 6.45) is 5.06. The lowest BCUT2D eigenvalue weighted by Gasteiger charge is -2.28. The first-order chi connectivity index (χ1) is 10.1. The molecule has 0 saturated carbocycles. The largest absolute Gasteiger partial charge is 0.344 e. The molecular formula is C17H25FN2O. The summed E-state index contributed by atoms with van der Waals surface area (Å²) in [5.74, 6) is -0.0694. The predicted octanol–water partition coefficient (Wildman–Crippen LogP) is 2.70. The van der Waals surface area contributed by atoms with Gasteiger partial charge in [0, 0.05) is 26.6 Å². The van der Waals surface area contributed by atoms with Crippen molar-refractivity contribution in [3.8, 4) is 0 Å². The Labute approximate surface area is 126 Å². The van der Waals surface area contributed by atoms with Gasteiger partial charge in [-0.3, -0.25) is 4.79 Å². The maximum atomic E-state index is 12.8. The molecule has 116 valence electrons. The number of rotatable bonds is 6. The highest BCUT2D eigenvalue weighted by molar-refractivity contribution is 5.76. The van der Waals surface area contributed by atoms with E-state index in [1.165, 1.54) is 31.4 Å². The van der Waals surface area contributed by atoms with Crippen molar-refractivity contribution >= 4 is 5.91 Å². The van der Waals surface area contributed by atoms with Crippen molar-refractivity contribution in [3.05, 3.63) is 35.6 Å². The molecule has 1 aromatic carbocycles. The predicted molar refractivity (Wildman–Crippen MR) is 82.6 cm³/mol. The molecule has 0 radical (unpaired) electrons. The second kappa shape index (κ2) is 8.13. The Morgan fingerprint density at radius 3 is 2.52 bits per heavy atom. The second-order valence-electron chi connectivity index (χ2n) is 5.84. The molecule has 1 aromatic rings. The highest BCUT2D eigenvalue weighted by Gasteiger charge is 2.13. The van der Waals surface area contributed by atoms with E-state index < -0.39 is 0 Å². The van der Waals surface area contributed by atoms with Crippen LogP contribution in [0.2, 0.25) is 0 Å². The fourth-order valence-corrected chi connectivity index (χ4v) is 2.69. The maximum absolute atomic E-state index is 12.8. The number of halogens is 1. The smallest absolute Gasteiger partial charge is 0.222 e. The van der Waals surface area contributed by atoms with Gasteiger partial charge in [-0.25, -0.2) is 4.39 Å². The number of likely N-dealkylation sites (N-methyl/N-ethyl adjacent to an activating group) is 1. The van der Waals surface area contributed by atoms with E-state index in [4.69, 9.17) is 0 Å². The highest BCUT2D eigenvalue weighted by Crippen LogP contribution is 2.09. The topological polar surface area (TPSA) is 23.6 Å². The Morgan fingerprint density at radius 2 is 1.86 bits per heavy atom. The average Bonchev–Trinajstić information content (AvgIpc) is 2.52. The standard InChI is InChI=1S/C17H25FN2O/c1-19(13-14-20-11-3-2-4-12-20)17(21)10-7-15-5-8-16(18)9-6-15/h5-6,8-9H,2-4,7,10-14H2,1H3. The second-order valence-corrected chi connectivity index (χ2v) is 5.84. The number of benzene rings is 1. The summed E-state index contributed by atoms with van der Waals surface area (Å²) in [7, 11) is 1.87. The lowest BCUT2D eigenvalue weighted by molar-refractivity contribution is -0.130. The van der Waals surface area contributed by atoms with Crippen LogP contribution in [0.15, 0.2) is 24.3 Å². The van der Waals surface area contributed by atoms with Crippen LogP contribution in [0.25, 0.3) is 0 Å². The van der Waals surface area contributed by atoms with Crippen LogP contribution in [-0.4, -0.2) is 48.9 Å². The zero-order valence-corrected chi connectivity index (χ0v) is 12.9. The lowest BCUT2D eigenvalue weighted by atomic mass is 10.1. The number of piperidine rings is 1. The van der Waals surface area contributed by atoms with Gasteiger partial charge in [-0.05, 0) is 50.0 Å². The normalized spacial score (nSPS) is 15.9. The first-order valence-corrected chi connectivity index (χ1v) is 7.86. The average molecular weight is 292 g/mol. The summed E-state index contributed by atoms with van der Waals surface area (Å²) >= 11 is 0. The van der Waals surface area contributed by atoms with Crippen LogP contribution < -0.4 is 0 Å². The van der Waals surface area contributed by atoms with Crippen molar-refractivity contribution in [1.29, 1.82) is 0 Å². The Kier molecular flexibility index (Phi) is 6.18. The minimum atomic E-state index is -0.233. The van der Waals surface area contributed by atoms with Crippen LogP contribution >= 0.6 is 0 Å². The third kappa shape index (κ3) is 5.46. The summed E-state index contributed by atoms with van der Waals surface area (Å²) in [4.78, 5) is 16.3. The molecule has 0 atom stereocenters. The van der Waals surface area contributed by atoms with Crippen LogP contribution in [0.4, 0.5) is 4.39 Å². The number of nitrogens with zero attached hydrogens (tertiary/aromatic N) is 2. The molecule has 0 unspecified atom stereocenters. The summed E-state index contributed by atoms with van der Waals surface area (Å²) in [6, 6.07) is 6.38. The van der Waals surface area contributed by atoms with E-state index in [2.05, 4.69) is 4.90 Å². The molecule has 1 saturated heterocycles. The molecule has 1 aliphatic heterocycles. The highest BCUT2D eigenvalue weighted by atomic mass is 19.1. The van der Waals surface area contributed by atoms with Crippen LogP contribution in [0.3, 0.4) is 0 Å². The van der Waals surface area contributed by atoms with E-state index in [1.807, 2.05) is 11.9 Å². The molecule has 0 spiro atoms. The minimum Gasteiger partial charge on any atom is -0.344 e. The van der Waals surface area contributed by atoms with Crippen LogP contribution in [0.1, 0.15) is 31.2 Å². The zero-order chi connectivity index (χ0) is 15.1. The van der Waals surface area contributed by atoms with Crippen molar-refractivity contribution in [1.82, 2.24) is 9.80 Å². The summed E-state index contributed by atoms with van der Waals surface area (Å²) in [5.41, 5.74) is 1.01. The van der Waals surface area contributed by atoms with Gasteiger partial charge in [-0.1, -0.05) is 18.6 Å².